The van der Waals surface area contributed by atoms with E-state index >= 15 is 0 Å². The van der Waals surface area contributed by atoms with Crippen molar-refractivity contribution in [1.82, 2.24) is 15.3 Å². The summed E-state index contributed by atoms with van der Waals surface area (Å²) < 4.78 is 5.82. The Labute approximate surface area is 95.4 Å². The van der Waals surface area contributed by atoms with Gasteiger partial charge in [-0.3, -0.25) is 0 Å². The summed E-state index contributed by atoms with van der Waals surface area (Å²) in [6.07, 6.45) is 8.95. The molecule has 0 radical (unpaired) electrons. The number of ether oxygens (including phenoxy) is 1. The molecule has 1 N–H and O–H groups in total. The number of nitrogens with zero attached hydrogens (tertiary/aromatic N) is 2. The van der Waals surface area contributed by atoms with Crippen LogP contribution in [0.2, 0.25) is 0 Å². The lowest BCUT2D eigenvalue weighted by Crippen LogP contribution is -2.40. The number of nitrogens with one attached hydrogen (secondary N) is 1. The van der Waals surface area contributed by atoms with Crippen LogP contribution >= 0.6 is 0 Å². The van der Waals surface area contributed by atoms with Gasteiger partial charge in [0, 0.05) is 19.0 Å². The zero-order valence-corrected chi connectivity index (χ0v) is 9.35. The van der Waals surface area contributed by atoms with Crippen molar-refractivity contribution in [2.45, 2.75) is 37.7 Å². The summed E-state index contributed by atoms with van der Waals surface area (Å²) in [6, 6.07) is 0. The van der Waals surface area contributed by atoms with E-state index in [0.29, 0.717) is 12.0 Å². The fourth-order valence-corrected chi connectivity index (χ4v) is 2.27. The van der Waals surface area contributed by atoms with Crippen molar-refractivity contribution in [2.75, 3.05) is 13.1 Å². The maximum Gasteiger partial charge on any atom is 0.156 e. The Morgan fingerprint density at radius 2 is 1.81 bits per heavy atom. The molecule has 0 aromatic carbocycles. The number of aromatic nitrogens is 2. The van der Waals surface area contributed by atoms with Crippen LogP contribution < -0.4 is 10.1 Å². The van der Waals surface area contributed by atoms with E-state index in [1.54, 1.807) is 0 Å². The van der Waals surface area contributed by atoms with Gasteiger partial charge in [0.25, 0.3) is 0 Å². The van der Waals surface area contributed by atoms with Crippen molar-refractivity contribution < 1.29 is 4.74 Å². The predicted molar refractivity (Wildman–Crippen MR) is 60.5 cm³/mol. The largest absolute Gasteiger partial charge is 0.487 e. The van der Waals surface area contributed by atoms with Crippen LogP contribution in [0.5, 0.6) is 5.75 Å². The summed E-state index contributed by atoms with van der Waals surface area (Å²) in [7, 11) is 0. The minimum atomic E-state index is 0.389. The van der Waals surface area contributed by atoms with Crippen LogP contribution in [0.25, 0.3) is 0 Å². The third-order valence-electron chi connectivity index (χ3n) is 3.40. The SMILES string of the molecule is c1nc(C2CNC2)ncc1OC1CCCC1. The molecule has 1 saturated heterocycles. The molecule has 1 saturated carbocycles. The van der Waals surface area contributed by atoms with Crippen molar-refractivity contribution in [3.63, 3.8) is 0 Å². The number of hydrogen-bond acceptors (Lipinski definition) is 4. The van der Waals surface area contributed by atoms with E-state index in [9.17, 15) is 0 Å². The minimum Gasteiger partial charge on any atom is -0.487 e. The van der Waals surface area contributed by atoms with Gasteiger partial charge in [-0.1, -0.05) is 0 Å². The third-order valence-corrected chi connectivity index (χ3v) is 3.40. The molecule has 0 amide bonds. The van der Waals surface area contributed by atoms with Crippen molar-refractivity contribution >= 4 is 0 Å². The Balaban J connectivity index is 1.62. The Morgan fingerprint density at radius 1 is 1.12 bits per heavy atom. The lowest BCUT2D eigenvalue weighted by atomic mass is 10.0. The third kappa shape index (κ3) is 2.02. The highest BCUT2D eigenvalue weighted by molar-refractivity contribution is 5.15. The van der Waals surface area contributed by atoms with Crippen molar-refractivity contribution in [3.05, 3.63) is 18.2 Å². The van der Waals surface area contributed by atoms with E-state index < -0.39 is 0 Å². The summed E-state index contributed by atoms with van der Waals surface area (Å²) in [5, 5.41) is 3.22. The van der Waals surface area contributed by atoms with E-state index in [1.807, 2.05) is 12.4 Å². The minimum absolute atomic E-state index is 0.389. The number of rotatable bonds is 3. The molecule has 1 aromatic rings. The summed E-state index contributed by atoms with van der Waals surface area (Å²) in [5.74, 6) is 2.26. The first kappa shape index (κ1) is 10.0. The van der Waals surface area contributed by atoms with Crippen LogP contribution in [0.1, 0.15) is 37.4 Å². The maximum absolute atomic E-state index is 5.82. The number of hydrogen-bond donors (Lipinski definition) is 1. The second-order valence-corrected chi connectivity index (χ2v) is 4.66. The molecule has 2 aliphatic rings. The standard InChI is InChI=1S/C12H17N3O/c1-2-4-10(3-1)16-11-7-14-12(15-8-11)9-5-13-6-9/h7-10,13H,1-6H2. The molecule has 3 rings (SSSR count). The molecule has 0 unspecified atom stereocenters. The maximum atomic E-state index is 5.82. The zero-order valence-electron chi connectivity index (χ0n) is 9.35. The molecule has 4 heteroatoms. The van der Waals surface area contributed by atoms with Crippen molar-refractivity contribution in [2.24, 2.45) is 0 Å². The van der Waals surface area contributed by atoms with Gasteiger partial charge in [0.2, 0.25) is 0 Å². The molecule has 1 aliphatic carbocycles. The Morgan fingerprint density at radius 3 is 2.38 bits per heavy atom. The highest BCUT2D eigenvalue weighted by atomic mass is 16.5. The van der Waals surface area contributed by atoms with Gasteiger partial charge < -0.3 is 10.1 Å². The summed E-state index contributed by atoms with van der Waals surface area (Å²) >= 11 is 0. The quantitative estimate of drug-likeness (QED) is 0.836. The lowest BCUT2D eigenvalue weighted by molar-refractivity contribution is 0.208. The van der Waals surface area contributed by atoms with Crippen LogP contribution in [0.15, 0.2) is 12.4 Å². The van der Waals surface area contributed by atoms with Crippen LogP contribution in [0.4, 0.5) is 0 Å². The van der Waals surface area contributed by atoms with Crippen LogP contribution in [-0.4, -0.2) is 29.2 Å². The molecule has 1 aliphatic heterocycles. The molecule has 0 bridgehead atoms. The molecular formula is C12H17N3O. The van der Waals surface area contributed by atoms with E-state index in [4.69, 9.17) is 4.74 Å². The van der Waals surface area contributed by atoms with Gasteiger partial charge in [-0.15, -0.1) is 0 Å². The van der Waals surface area contributed by atoms with Gasteiger partial charge in [-0.25, -0.2) is 9.97 Å². The average Bonchev–Trinajstić information content (AvgIpc) is 2.71. The normalized spacial score (nSPS) is 22.0. The monoisotopic (exact) mass is 219 g/mol. The second kappa shape index (κ2) is 4.37. The zero-order chi connectivity index (χ0) is 10.8. The molecule has 2 heterocycles. The molecule has 1 aromatic heterocycles. The highest BCUT2D eigenvalue weighted by Gasteiger charge is 2.22. The topological polar surface area (TPSA) is 47.0 Å². The fourth-order valence-electron chi connectivity index (χ4n) is 2.27. The highest BCUT2D eigenvalue weighted by Crippen LogP contribution is 2.24. The molecule has 16 heavy (non-hydrogen) atoms. The molecule has 4 nitrogen and oxygen atoms in total. The smallest absolute Gasteiger partial charge is 0.156 e. The summed E-state index contributed by atoms with van der Waals surface area (Å²) in [6.45, 7) is 2.01. The fraction of sp³-hybridized carbons (Fsp3) is 0.667. The molecule has 86 valence electrons. The Hall–Kier alpha value is -1.16. The average molecular weight is 219 g/mol. The van der Waals surface area contributed by atoms with E-state index in [-0.39, 0.29) is 0 Å². The second-order valence-electron chi connectivity index (χ2n) is 4.66. The van der Waals surface area contributed by atoms with Gasteiger partial charge in [0.1, 0.15) is 5.82 Å². The van der Waals surface area contributed by atoms with Gasteiger partial charge in [-0.2, -0.15) is 0 Å². The Bertz CT molecular complexity index is 342. The van der Waals surface area contributed by atoms with E-state index in [2.05, 4.69) is 15.3 Å². The first-order valence-corrected chi connectivity index (χ1v) is 6.11. The predicted octanol–water partition coefficient (Wildman–Crippen LogP) is 1.48. The van der Waals surface area contributed by atoms with Gasteiger partial charge in [0.05, 0.1) is 18.5 Å². The van der Waals surface area contributed by atoms with E-state index in [0.717, 1.165) is 24.7 Å². The van der Waals surface area contributed by atoms with Crippen LogP contribution in [-0.2, 0) is 0 Å². The molecular weight excluding hydrogens is 202 g/mol. The first-order valence-electron chi connectivity index (χ1n) is 6.11. The molecule has 2 fully saturated rings. The van der Waals surface area contributed by atoms with E-state index in [1.165, 1.54) is 25.7 Å². The van der Waals surface area contributed by atoms with Gasteiger partial charge >= 0.3 is 0 Å². The first-order chi connectivity index (χ1) is 7.92. The van der Waals surface area contributed by atoms with Crippen LogP contribution in [0, 0.1) is 0 Å². The summed E-state index contributed by atoms with van der Waals surface area (Å²) in [5.41, 5.74) is 0. The van der Waals surface area contributed by atoms with Crippen molar-refractivity contribution in [3.8, 4) is 5.75 Å². The molecule has 0 atom stereocenters. The summed E-state index contributed by atoms with van der Waals surface area (Å²) in [4.78, 5) is 8.73. The van der Waals surface area contributed by atoms with Crippen molar-refractivity contribution in [1.29, 1.82) is 0 Å². The molecule has 0 spiro atoms. The van der Waals surface area contributed by atoms with Gasteiger partial charge in [0.15, 0.2) is 5.75 Å². The van der Waals surface area contributed by atoms with Crippen LogP contribution in [0.3, 0.4) is 0 Å². The lowest BCUT2D eigenvalue weighted by Gasteiger charge is -2.25. The van der Waals surface area contributed by atoms with Gasteiger partial charge in [-0.05, 0) is 25.7 Å². The Kier molecular flexibility index (Phi) is 2.74.